The Bertz CT molecular complexity index is 1480. The zero-order valence-corrected chi connectivity index (χ0v) is 19.1. The zero-order valence-electron chi connectivity index (χ0n) is 19.1. The summed E-state index contributed by atoms with van der Waals surface area (Å²) in [6, 6.07) is 20.9. The molecule has 0 atom stereocenters. The average molecular weight is 470 g/mol. The van der Waals surface area contributed by atoms with Gasteiger partial charge in [-0.1, -0.05) is 42.5 Å². The van der Waals surface area contributed by atoms with Crippen LogP contribution in [0.4, 0.5) is 0 Å². The lowest BCUT2D eigenvalue weighted by Crippen LogP contribution is -2.27. The third kappa shape index (κ3) is 5.25. The second-order valence-electron chi connectivity index (χ2n) is 7.54. The zero-order chi connectivity index (χ0) is 24.8. The number of fused-ring (bicyclic) bond motifs is 1. The third-order valence-corrected chi connectivity index (χ3v) is 5.23. The number of hydrazone groups is 1. The van der Waals surface area contributed by atoms with Gasteiger partial charge in [0.05, 0.1) is 24.3 Å². The van der Waals surface area contributed by atoms with E-state index in [2.05, 4.69) is 15.6 Å². The molecule has 1 aromatic heterocycles. The molecule has 1 N–H and O–H groups in total. The number of aryl methyl sites for hydroxylation is 1. The summed E-state index contributed by atoms with van der Waals surface area (Å²) in [6.45, 7) is 0.270. The van der Waals surface area contributed by atoms with Gasteiger partial charge >= 0.3 is 5.97 Å². The van der Waals surface area contributed by atoms with Gasteiger partial charge in [-0.05, 0) is 35.9 Å². The van der Waals surface area contributed by atoms with Crippen LogP contribution in [0.2, 0.25) is 0 Å². The van der Waals surface area contributed by atoms with E-state index in [1.165, 1.54) is 20.4 Å². The van der Waals surface area contributed by atoms with E-state index in [-0.39, 0.29) is 17.9 Å². The lowest BCUT2D eigenvalue weighted by Gasteiger charge is -2.10. The van der Waals surface area contributed by atoms with Gasteiger partial charge in [0, 0.05) is 18.0 Å². The molecule has 0 fully saturated rings. The molecule has 0 saturated heterocycles. The van der Waals surface area contributed by atoms with Crippen LogP contribution >= 0.6 is 0 Å². The fourth-order valence-corrected chi connectivity index (χ4v) is 3.42. The summed E-state index contributed by atoms with van der Waals surface area (Å²) in [5.41, 5.74) is 4.25. The quantitative estimate of drug-likeness (QED) is 0.252. The lowest BCUT2D eigenvalue weighted by molar-refractivity contribution is 0.0600. The summed E-state index contributed by atoms with van der Waals surface area (Å²) in [4.78, 5) is 36.6. The summed E-state index contributed by atoms with van der Waals surface area (Å²) < 4.78 is 11.7. The van der Waals surface area contributed by atoms with E-state index < -0.39 is 11.9 Å². The molecule has 9 heteroatoms. The molecule has 0 aliphatic rings. The molecule has 4 aromatic rings. The van der Waals surface area contributed by atoms with Gasteiger partial charge in [0.25, 0.3) is 11.5 Å². The first kappa shape index (κ1) is 23.4. The molecule has 0 aliphatic carbocycles. The predicted molar refractivity (Wildman–Crippen MR) is 131 cm³/mol. The predicted octanol–water partition coefficient (Wildman–Crippen LogP) is 3.06. The number of nitrogens with zero attached hydrogens (tertiary/aromatic N) is 3. The van der Waals surface area contributed by atoms with Crippen molar-refractivity contribution >= 4 is 28.9 Å². The Labute approximate surface area is 200 Å². The number of amides is 1. The summed E-state index contributed by atoms with van der Waals surface area (Å²) in [6.07, 6.45) is 1.47. The van der Waals surface area contributed by atoms with Crippen molar-refractivity contribution in [2.24, 2.45) is 12.1 Å². The monoisotopic (exact) mass is 470 g/mol. The van der Waals surface area contributed by atoms with Gasteiger partial charge in [-0.25, -0.2) is 14.9 Å². The smallest absolute Gasteiger partial charge is 0.337 e. The molecule has 0 unspecified atom stereocenters. The normalized spacial score (nSPS) is 10.9. The number of aromatic nitrogens is 2. The Balaban J connectivity index is 1.46. The minimum Gasteiger partial charge on any atom is -0.488 e. The van der Waals surface area contributed by atoms with E-state index in [1.54, 1.807) is 60.7 Å². The van der Waals surface area contributed by atoms with Crippen molar-refractivity contribution in [2.75, 3.05) is 7.11 Å². The number of hydrogen-bond acceptors (Lipinski definition) is 7. The van der Waals surface area contributed by atoms with Crippen molar-refractivity contribution in [3.8, 4) is 5.75 Å². The molecule has 0 saturated carbocycles. The van der Waals surface area contributed by atoms with Gasteiger partial charge in [0.15, 0.2) is 5.69 Å². The van der Waals surface area contributed by atoms with Gasteiger partial charge in [0.2, 0.25) is 0 Å². The fraction of sp³-hybridized carbons (Fsp3) is 0.115. The van der Waals surface area contributed by atoms with Crippen molar-refractivity contribution in [3.63, 3.8) is 0 Å². The molecule has 1 amide bonds. The molecule has 35 heavy (non-hydrogen) atoms. The first-order chi connectivity index (χ1) is 17.0. The summed E-state index contributed by atoms with van der Waals surface area (Å²) in [7, 11) is 2.83. The van der Waals surface area contributed by atoms with Crippen LogP contribution in [0.15, 0.2) is 82.7 Å². The number of nitrogens with one attached hydrogen (secondary N) is 1. The maximum Gasteiger partial charge on any atom is 0.337 e. The molecular weight excluding hydrogens is 448 g/mol. The SMILES string of the molecule is COC(=O)c1ccc(COc2ccccc2/C=N/NC(=O)c2nn(C)c(=O)c3ccccc23)cc1. The van der Waals surface area contributed by atoms with Gasteiger partial charge in [-0.3, -0.25) is 9.59 Å². The number of carbonyl (C=O) groups excluding carboxylic acids is 2. The van der Waals surface area contributed by atoms with Crippen molar-refractivity contribution in [1.29, 1.82) is 0 Å². The van der Waals surface area contributed by atoms with E-state index in [0.717, 1.165) is 10.2 Å². The third-order valence-electron chi connectivity index (χ3n) is 5.23. The van der Waals surface area contributed by atoms with Crippen molar-refractivity contribution in [2.45, 2.75) is 6.61 Å². The molecule has 0 spiro atoms. The number of carbonyl (C=O) groups is 2. The van der Waals surface area contributed by atoms with Gasteiger partial charge in [-0.15, -0.1) is 0 Å². The van der Waals surface area contributed by atoms with Crippen LogP contribution in [0.1, 0.15) is 32.0 Å². The number of esters is 1. The van der Waals surface area contributed by atoms with E-state index >= 15 is 0 Å². The van der Waals surface area contributed by atoms with E-state index in [0.29, 0.717) is 27.6 Å². The van der Waals surface area contributed by atoms with Gasteiger partial charge < -0.3 is 9.47 Å². The van der Waals surface area contributed by atoms with Crippen molar-refractivity contribution in [3.05, 3.63) is 106 Å². The minimum absolute atomic E-state index is 0.0970. The summed E-state index contributed by atoms with van der Waals surface area (Å²) in [5.74, 6) is -0.382. The topological polar surface area (TPSA) is 112 Å². The molecule has 0 bridgehead atoms. The molecule has 0 aliphatic heterocycles. The van der Waals surface area contributed by atoms with Crippen LogP contribution in [0, 0.1) is 0 Å². The van der Waals surface area contributed by atoms with Crippen LogP contribution in [0.25, 0.3) is 10.8 Å². The van der Waals surface area contributed by atoms with Crippen LogP contribution in [-0.2, 0) is 18.4 Å². The van der Waals surface area contributed by atoms with Crippen LogP contribution in [0.3, 0.4) is 0 Å². The van der Waals surface area contributed by atoms with E-state index in [1.807, 2.05) is 12.1 Å². The largest absolute Gasteiger partial charge is 0.488 e. The Kier molecular flexibility index (Phi) is 6.96. The molecular formula is C26H22N4O5. The first-order valence-corrected chi connectivity index (χ1v) is 10.7. The minimum atomic E-state index is -0.544. The van der Waals surface area contributed by atoms with Crippen LogP contribution in [-0.4, -0.2) is 35.0 Å². The van der Waals surface area contributed by atoms with Crippen molar-refractivity contribution in [1.82, 2.24) is 15.2 Å². The van der Waals surface area contributed by atoms with Crippen LogP contribution in [0.5, 0.6) is 5.75 Å². The van der Waals surface area contributed by atoms with E-state index in [4.69, 9.17) is 9.47 Å². The number of hydrogen-bond donors (Lipinski definition) is 1. The average Bonchev–Trinajstić information content (AvgIpc) is 2.90. The standard InChI is InChI=1S/C26H22N4O5/c1-30-25(32)21-9-5-4-8-20(21)23(29-30)24(31)28-27-15-19-7-3-6-10-22(19)35-16-17-11-13-18(14-12-17)26(33)34-2/h3-15H,16H2,1-2H3,(H,28,31)/b27-15+. The first-order valence-electron chi connectivity index (χ1n) is 10.7. The number of benzene rings is 3. The number of rotatable bonds is 7. The van der Waals surface area contributed by atoms with E-state index in [9.17, 15) is 14.4 Å². The number of methoxy groups -OCH3 is 1. The fourth-order valence-electron chi connectivity index (χ4n) is 3.42. The highest BCUT2D eigenvalue weighted by atomic mass is 16.5. The number of ether oxygens (including phenoxy) is 2. The second-order valence-corrected chi connectivity index (χ2v) is 7.54. The maximum atomic E-state index is 12.7. The second kappa shape index (κ2) is 10.4. The summed E-state index contributed by atoms with van der Waals surface area (Å²) in [5, 5.41) is 8.99. The summed E-state index contributed by atoms with van der Waals surface area (Å²) >= 11 is 0. The highest BCUT2D eigenvalue weighted by Gasteiger charge is 2.15. The van der Waals surface area contributed by atoms with Gasteiger partial charge in [0.1, 0.15) is 12.4 Å². The Hall–Kier alpha value is -4.79. The molecule has 4 rings (SSSR count). The Morgan fingerprint density at radius 3 is 2.43 bits per heavy atom. The molecule has 176 valence electrons. The van der Waals surface area contributed by atoms with Gasteiger partial charge in [-0.2, -0.15) is 10.2 Å². The highest BCUT2D eigenvalue weighted by molar-refractivity contribution is 6.05. The number of para-hydroxylation sites is 1. The maximum absolute atomic E-state index is 12.7. The molecule has 1 heterocycles. The molecule has 3 aromatic carbocycles. The Morgan fingerprint density at radius 1 is 1.00 bits per heavy atom. The van der Waals surface area contributed by atoms with Crippen LogP contribution < -0.4 is 15.7 Å². The van der Waals surface area contributed by atoms with Crippen molar-refractivity contribution < 1.29 is 19.1 Å². The Morgan fingerprint density at radius 2 is 1.69 bits per heavy atom. The molecule has 0 radical (unpaired) electrons. The highest BCUT2D eigenvalue weighted by Crippen LogP contribution is 2.18. The lowest BCUT2D eigenvalue weighted by atomic mass is 10.1. The molecule has 9 nitrogen and oxygen atoms in total.